The standard InChI is InChI=1S/C16H24N4O2/c1-5-19(10-14-7-9-22-11-14)13(4)16(21)18-15-6-8-17-20(15)12(2)3/h6-9,11-13H,5,10H2,1-4H3,(H,18,21). The van der Waals surface area contributed by atoms with Crippen LogP contribution < -0.4 is 5.32 Å². The summed E-state index contributed by atoms with van der Waals surface area (Å²) in [4.78, 5) is 14.6. The summed E-state index contributed by atoms with van der Waals surface area (Å²) in [5.41, 5.74) is 1.06. The highest BCUT2D eigenvalue weighted by Crippen LogP contribution is 2.15. The SMILES string of the molecule is CCN(Cc1ccoc1)C(C)C(=O)Nc1ccnn1C(C)C. The fourth-order valence-electron chi connectivity index (χ4n) is 2.36. The fraction of sp³-hybridized carbons (Fsp3) is 0.500. The molecule has 0 radical (unpaired) electrons. The lowest BCUT2D eigenvalue weighted by molar-refractivity contribution is -0.120. The molecule has 22 heavy (non-hydrogen) atoms. The lowest BCUT2D eigenvalue weighted by atomic mass is 10.2. The van der Waals surface area contributed by atoms with Crippen molar-refractivity contribution in [1.29, 1.82) is 0 Å². The highest BCUT2D eigenvalue weighted by atomic mass is 16.3. The Morgan fingerprint density at radius 1 is 1.41 bits per heavy atom. The zero-order valence-electron chi connectivity index (χ0n) is 13.6. The van der Waals surface area contributed by atoms with Crippen LogP contribution in [0.25, 0.3) is 0 Å². The maximum atomic E-state index is 12.5. The van der Waals surface area contributed by atoms with Crippen LogP contribution in [-0.4, -0.2) is 33.2 Å². The molecule has 1 unspecified atom stereocenters. The monoisotopic (exact) mass is 304 g/mol. The van der Waals surface area contributed by atoms with Crippen LogP contribution in [-0.2, 0) is 11.3 Å². The van der Waals surface area contributed by atoms with E-state index in [0.717, 1.165) is 17.9 Å². The van der Waals surface area contributed by atoms with Gasteiger partial charge in [-0.25, -0.2) is 4.68 Å². The van der Waals surface area contributed by atoms with Crippen LogP contribution in [0.2, 0.25) is 0 Å². The summed E-state index contributed by atoms with van der Waals surface area (Å²) in [7, 11) is 0. The molecule has 2 aromatic heterocycles. The third-order valence-electron chi connectivity index (χ3n) is 3.71. The van der Waals surface area contributed by atoms with Gasteiger partial charge in [0.2, 0.25) is 5.91 Å². The Bertz CT molecular complexity index is 589. The number of nitrogens with one attached hydrogen (secondary N) is 1. The summed E-state index contributed by atoms with van der Waals surface area (Å²) in [6.07, 6.45) is 5.06. The Hall–Kier alpha value is -2.08. The summed E-state index contributed by atoms with van der Waals surface area (Å²) in [6, 6.07) is 3.70. The predicted octanol–water partition coefficient (Wildman–Crippen LogP) is 2.91. The summed E-state index contributed by atoms with van der Waals surface area (Å²) >= 11 is 0. The molecule has 6 nitrogen and oxygen atoms in total. The van der Waals surface area contributed by atoms with Gasteiger partial charge in [-0.05, 0) is 33.4 Å². The first kappa shape index (κ1) is 16.3. The van der Waals surface area contributed by atoms with Gasteiger partial charge in [-0.3, -0.25) is 9.69 Å². The zero-order valence-corrected chi connectivity index (χ0v) is 13.6. The number of anilines is 1. The Balaban J connectivity index is 2.02. The van der Waals surface area contributed by atoms with Gasteiger partial charge >= 0.3 is 0 Å². The van der Waals surface area contributed by atoms with Crippen molar-refractivity contribution in [3.05, 3.63) is 36.4 Å². The van der Waals surface area contributed by atoms with Crippen LogP contribution in [0.3, 0.4) is 0 Å². The van der Waals surface area contributed by atoms with E-state index in [-0.39, 0.29) is 18.0 Å². The molecule has 2 aromatic rings. The average molecular weight is 304 g/mol. The number of amides is 1. The molecule has 2 heterocycles. The van der Waals surface area contributed by atoms with Crippen LogP contribution in [0.1, 0.15) is 39.3 Å². The summed E-state index contributed by atoms with van der Waals surface area (Å²) in [6.45, 7) is 9.48. The van der Waals surface area contributed by atoms with E-state index in [2.05, 4.69) is 15.3 Å². The number of rotatable bonds is 7. The number of furan rings is 1. The number of hydrogen-bond donors (Lipinski definition) is 1. The molecule has 0 saturated heterocycles. The Labute approximate surface area is 131 Å². The van der Waals surface area contributed by atoms with Crippen molar-refractivity contribution in [2.75, 3.05) is 11.9 Å². The molecule has 1 atom stereocenters. The first-order valence-electron chi connectivity index (χ1n) is 7.62. The molecule has 120 valence electrons. The van der Waals surface area contributed by atoms with E-state index in [1.165, 1.54) is 0 Å². The molecule has 0 spiro atoms. The summed E-state index contributed by atoms with van der Waals surface area (Å²) in [5.74, 6) is 0.693. The van der Waals surface area contributed by atoms with Gasteiger partial charge in [-0.15, -0.1) is 0 Å². The quantitative estimate of drug-likeness (QED) is 0.854. The summed E-state index contributed by atoms with van der Waals surface area (Å²) < 4.78 is 6.89. The van der Waals surface area contributed by atoms with Crippen molar-refractivity contribution < 1.29 is 9.21 Å². The van der Waals surface area contributed by atoms with Crippen molar-refractivity contribution in [1.82, 2.24) is 14.7 Å². The second kappa shape index (κ2) is 7.26. The van der Waals surface area contributed by atoms with Gasteiger partial charge in [-0.1, -0.05) is 6.92 Å². The number of nitrogens with zero attached hydrogens (tertiary/aromatic N) is 3. The highest BCUT2D eigenvalue weighted by molar-refractivity contribution is 5.93. The lowest BCUT2D eigenvalue weighted by Crippen LogP contribution is -2.41. The third-order valence-corrected chi connectivity index (χ3v) is 3.71. The van der Waals surface area contributed by atoms with Crippen LogP contribution >= 0.6 is 0 Å². The Morgan fingerprint density at radius 2 is 2.18 bits per heavy atom. The van der Waals surface area contributed by atoms with Gasteiger partial charge in [0.1, 0.15) is 5.82 Å². The van der Waals surface area contributed by atoms with Crippen LogP contribution in [0, 0.1) is 0 Å². The fourth-order valence-corrected chi connectivity index (χ4v) is 2.36. The molecule has 2 rings (SSSR count). The van der Waals surface area contributed by atoms with Crippen molar-refractivity contribution in [2.24, 2.45) is 0 Å². The van der Waals surface area contributed by atoms with E-state index in [0.29, 0.717) is 6.54 Å². The number of likely N-dealkylation sites (N-methyl/N-ethyl adjacent to an activating group) is 1. The number of carbonyl (C=O) groups is 1. The van der Waals surface area contributed by atoms with Gasteiger partial charge in [0.15, 0.2) is 0 Å². The molecule has 0 aliphatic carbocycles. The van der Waals surface area contributed by atoms with E-state index < -0.39 is 0 Å². The molecule has 0 bridgehead atoms. The normalized spacial score (nSPS) is 12.8. The minimum absolute atomic E-state index is 0.0345. The molecule has 0 saturated carbocycles. The van der Waals surface area contributed by atoms with E-state index in [4.69, 9.17) is 4.42 Å². The second-order valence-corrected chi connectivity index (χ2v) is 5.61. The minimum atomic E-state index is -0.240. The van der Waals surface area contributed by atoms with Gasteiger partial charge in [0, 0.05) is 24.2 Å². The Morgan fingerprint density at radius 3 is 2.77 bits per heavy atom. The van der Waals surface area contributed by atoms with Gasteiger partial charge in [0.05, 0.1) is 24.8 Å². The summed E-state index contributed by atoms with van der Waals surface area (Å²) in [5, 5.41) is 7.19. The van der Waals surface area contributed by atoms with Crippen LogP contribution in [0.4, 0.5) is 5.82 Å². The molecule has 0 aliphatic rings. The van der Waals surface area contributed by atoms with E-state index in [1.54, 1.807) is 23.4 Å². The maximum absolute atomic E-state index is 12.5. The lowest BCUT2D eigenvalue weighted by Gasteiger charge is -2.26. The maximum Gasteiger partial charge on any atom is 0.242 e. The van der Waals surface area contributed by atoms with Gasteiger partial charge < -0.3 is 9.73 Å². The van der Waals surface area contributed by atoms with Gasteiger partial charge in [0.25, 0.3) is 0 Å². The first-order valence-corrected chi connectivity index (χ1v) is 7.62. The molecule has 0 aliphatic heterocycles. The predicted molar refractivity (Wildman–Crippen MR) is 85.5 cm³/mol. The Kier molecular flexibility index (Phi) is 5.38. The zero-order chi connectivity index (χ0) is 16.1. The molecule has 1 amide bonds. The van der Waals surface area contributed by atoms with Gasteiger partial charge in [-0.2, -0.15) is 5.10 Å². The third kappa shape index (κ3) is 3.76. The number of carbonyl (C=O) groups excluding carboxylic acids is 1. The smallest absolute Gasteiger partial charge is 0.242 e. The van der Waals surface area contributed by atoms with Crippen LogP contribution in [0.15, 0.2) is 35.3 Å². The van der Waals surface area contributed by atoms with Crippen LogP contribution in [0.5, 0.6) is 0 Å². The molecule has 1 N–H and O–H groups in total. The molecule has 0 fully saturated rings. The van der Waals surface area contributed by atoms with E-state index >= 15 is 0 Å². The molecule has 6 heteroatoms. The van der Waals surface area contributed by atoms with Crippen molar-refractivity contribution in [2.45, 2.75) is 46.3 Å². The molecular formula is C16H24N4O2. The second-order valence-electron chi connectivity index (χ2n) is 5.61. The number of hydrogen-bond acceptors (Lipinski definition) is 4. The van der Waals surface area contributed by atoms with Crippen molar-refractivity contribution in [3.8, 4) is 0 Å². The van der Waals surface area contributed by atoms with E-state index in [9.17, 15) is 4.79 Å². The van der Waals surface area contributed by atoms with Crippen molar-refractivity contribution in [3.63, 3.8) is 0 Å². The molecule has 0 aromatic carbocycles. The topological polar surface area (TPSA) is 63.3 Å². The highest BCUT2D eigenvalue weighted by Gasteiger charge is 2.22. The number of aromatic nitrogens is 2. The largest absolute Gasteiger partial charge is 0.472 e. The minimum Gasteiger partial charge on any atom is -0.472 e. The van der Waals surface area contributed by atoms with E-state index in [1.807, 2.05) is 39.8 Å². The van der Waals surface area contributed by atoms with Crippen molar-refractivity contribution >= 4 is 11.7 Å². The average Bonchev–Trinajstić information content (AvgIpc) is 3.15. The molecular weight excluding hydrogens is 280 g/mol. The first-order chi connectivity index (χ1) is 10.5.